The van der Waals surface area contributed by atoms with Gasteiger partial charge in [-0.05, 0) is 6.07 Å². The third kappa shape index (κ3) is 2.73. The quantitative estimate of drug-likeness (QED) is 0.716. The molecule has 0 bridgehead atoms. The fourth-order valence-corrected chi connectivity index (χ4v) is 0.932. The zero-order valence-electron chi connectivity index (χ0n) is 6.62. The van der Waals surface area contributed by atoms with Crippen molar-refractivity contribution in [1.82, 2.24) is 10.3 Å². The molecule has 0 aliphatic rings. The van der Waals surface area contributed by atoms with Crippen molar-refractivity contribution in [2.75, 3.05) is 6.54 Å². The first-order valence-electron chi connectivity index (χ1n) is 3.49. The molecule has 0 aromatic carbocycles. The summed E-state index contributed by atoms with van der Waals surface area (Å²) in [6.45, 7) is -0.0225. The Balaban J connectivity index is 2.72. The number of hydrogen-bond acceptors (Lipinski definition) is 3. The molecule has 13 heavy (non-hydrogen) atoms. The molecule has 4 nitrogen and oxygen atoms in total. The topological polar surface area (TPSA) is 65.8 Å². The van der Waals surface area contributed by atoms with E-state index in [1.165, 1.54) is 18.5 Å². The van der Waals surface area contributed by atoms with Crippen LogP contribution in [0.25, 0.3) is 0 Å². The standard InChI is InChI=1S/C8H6ClN3O/c9-7-3-6(4-11-5-7)8(13)12-2-1-10/h3-5H,2H2,(H,12,13). The fourth-order valence-electron chi connectivity index (χ4n) is 0.758. The lowest BCUT2D eigenvalue weighted by Gasteiger charge is -1.99. The van der Waals surface area contributed by atoms with Crippen LogP contribution in [0.1, 0.15) is 10.4 Å². The number of pyridine rings is 1. The summed E-state index contributed by atoms with van der Waals surface area (Å²) in [4.78, 5) is 14.9. The monoisotopic (exact) mass is 195 g/mol. The summed E-state index contributed by atoms with van der Waals surface area (Å²) in [6, 6.07) is 3.29. The SMILES string of the molecule is N#CCNC(=O)c1cncc(Cl)c1. The number of nitrogens with one attached hydrogen (secondary N) is 1. The van der Waals surface area contributed by atoms with Crippen LogP contribution < -0.4 is 5.32 Å². The summed E-state index contributed by atoms with van der Waals surface area (Å²) in [6.07, 6.45) is 2.82. The van der Waals surface area contributed by atoms with Gasteiger partial charge in [-0.2, -0.15) is 5.26 Å². The molecular formula is C8H6ClN3O. The smallest absolute Gasteiger partial charge is 0.253 e. The number of aromatic nitrogens is 1. The molecule has 66 valence electrons. The first-order chi connectivity index (χ1) is 6.24. The van der Waals surface area contributed by atoms with E-state index in [2.05, 4.69) is 10.3 Å². The van der Waals surface area contributed by atoms with Gasteiger partial charge in [-0.1, -0.05) is 11.6 Å². The van der Waals surface area contributed by atoms with Gasteiger partial charge in [0.2, 0.25) is 0 Å². The lowest BCUT2D eigenvalue weighted by atomic mass is 10.3. The van der Waals surface area contributed by atoms with Gasteiger partial charge in [-0.3, -0.25) is 9.78 Å². The molecular weight excluding hydrogens is 190 g/mol. The summed E-state index contributed by atoms with van der Waals surface area (Å²) >= 11 is 5.62. The van der Waals surface area contributed by atoms with Crippen molar-refractivity contribution >= 4 is 17.5 Å². The van der Waals surface area contributed by atoms with E-state index >= 15 is 0 Å². The molecule has 0 atom stereocenters. The fraction of sp³-hybridized carbons (Fsp3) is 0.125. The molecule has 0 radical (unpaired) electrons. The highest BCUT2D eigenvalue weighted by Gasteiger charge is 2.04. The number of nitriles is 1. The molecule has 1 amide bonds. The van der Waals surface area contributed by atoms with Crippen molar-refractivity contribution in [2.45, 2.75) is 0 Å². The molecule has 1 aromatic rings. The Kier molecular flexibility index (Phi) is 3.23. The van der Waals surface area contributed by atoms with Crippen LogP contribution in [0.15, 0.2) is 18.5 Å². The summed E-state index contributed by atoms with van der Waals surface area (Å²) < 4.78 is 0. The van der Waals surface area contributed by atoms with E-state index in [1.807, 2.05) is 0 Å². The molecule has 0 saturated heterocycles. The predicted molar refractivity (Wildman–Crippen MR) is 47.2 cm³/mol. The Morgan fingerprint density at radius 2 is 2.46 bits per heavy atom. The van der Waals surface area contributed by atoms with Crippen molar-refractivity contribution < 1.29 is 4.79 Å². The number of rotatable bonds is 2. The number of halogens is 1. The minimum absolute atomic E-state index is 0.0225. The van der Waals surface area contributed by atoms with Crippen LogP contribution in [0.3, 0.4) is 0 Å². The van der Waals surface area contributed by atoms with E-state index in [-0.39, 0.29) is 12.5 Å². The van der Waals surface area contributed by atoms with E-state index in [9.17, 15) is 4.79 Å². The van der Waals surface area contributed by atoms with E-state index in [0.29, 0.717) is 10.6 Å². The highest BCUT2D eigenvalue weighted by Crippen LogP contribution is 2.07. The number of hydrogen-bond donors (Lipinski definition) is 1. The molecule has 0 aliphatic heterocycles. The van der Waals surface area contributed by atoms with E-state index in [1.54, 1.807) is 6.07 Å². The maximum absolute atomic E-state index is 11.2. The van der Waals surface area contributed by atoms with Crippen molar-refractivity contribution in [2.24, 2.45) is 0 Å². The lowest BCUT2D eigenvalue weighted by molar-refractivity contribution is 0.0958. The molecule has 1 N–H and O–H groups in total. The number of carbonyl (C=O) groups excluding carboxylic acids is 1. The summed E-state index contributed by atoms with van der Waals surface area (Å²) in [5.74, 6) is -0.350. The molecule has 0 spiro atoms. The maximum Gasteiger partial charge on any atom is 0.253 e. The molecule has 5 heteroatoms. The second-order valence-electron chi connectivity index (χ2n) is 2.23. The molecule has 1 rings (SSSR count). The lowest BCUT2D eigenvalue weighted by Crippen LogP contribution is -2.23. The highest BCUT2D eigenvalue weighted by molar-refractivity contribution is 6.30. The largest absolute Gasteiger partial charge is 0.339 e. The zero-order valence-corrected chi connectivity index (χ0v) is 7.38. The third-order valence-corrected chi connectivity index (χ3v) is 1.50. The first-order valence-corrected chi connectivity index (χ1v) is 3.87. The van der Waals surface area contributed by atoms with Crippen LogP contribution in [0, 0.1) is 11.3 Å². The zero-order chi connectivity index (χ0) is 9.68. The van der Waals surface area contributed by atoms with Gasteiger partial charge in [0.05, 0.1) is 16.7 Å². The van der Waals surface area contributed by atoms with Crippen LogP contribution in [0.5, 0.6) is 0 Å². The Morgan fingerprint density at radius 1 is 1.69 bits per heavy atom. The third-order valence-electron chi connectivity index (χ3n) is 1.30. The van der Waals surface area contributed by atoms with E-state index in [0.717, 1.165) is 0 Å². The van der Waals surface area contributed by atoms with Crippen molar-refractivity contribution in [3.63, 3.8) is 0 Å². The van der Waals surface area contributed by atoms with Gasteiger partial charge < -0.3 is 5.32 Å². The number of amides is 1. The van der Waals surface area contributed by atoms with Crippen molar-refractivity contribution in [3.05, 3.63) is 29.0 Å². The molecule has 0 fully saturated rings. The van der Waals surface area contributed by atoms with Gasteiger partial charge in [0.1, 0.15) is 6.54 Å². The molecule has 1 heterocycles. The van der Waals surface area contributed by atoms with Crippen molar-refractivity contribution in [1.29, 1.82) is 5.26 Å². The second kappa shape index (κ2) is 4.43. The predicted octanol–water partition coefficient (Wildman–Crippen LogP) is 0.988. The molecule has 1 aromatic heterocycles. The van der Waals surface area contributed by atoms with Crippen LogP contribution in [-0.4, -0.2) is 17.4 Å². The first kappa shape index (κ1) is 9.49. The van der Waals surface area contributed by atoms with E-state index in [4.69, 9.17) is 16.9 Å². The Labute approximate surface area is 80.2 Å². The molecule has 0 aliphatic carbocycles. The maximum atomic E-state index is 11.2. The average molecular weight is 196 g/mol. The van der Waals surface area contributed by atoms with Gasteiger partial charge in [-0.25, -0.2) is 0 Å². The minimum atomic E-state index is -0.350. The normalized spacial score (nSPS) is 8.92. The van der Waals surface area contributed by atoms with Crippen LogP contribution in [0.2, 0.25) is 5.02 Å². The Morgan fingerprint density at radius 3 is 3.08 bits per heavy atom. The van der Waals surface area contributed by atoms with Crippen LogP contribution >= 0.6 is 11.6 Å². The average Bonchev–Trinajstić information content (AvgIpc) is 2.14. The van der Waals surface area contributed by atoms with Crippen LogP contribution in [-0.2, 0) is 0 Å². The Bertz CT molecular complexity index is 359. The minimum Gasteiger partial charge on any atom is -0.339 e. The van der Waals surface area contributed by atoms with Gasteiger partial charge in [-0.15, -0.1) is 0 Å². The number of carbonyl (C=O) groups is 1. The molecule has 0 unspecified atom stereocenters. The summed E-state index contributed by atoms with van der Waals surface area (Å²) in [5, 5.41) is 11.0. The Hall–Kier alpha value is -1.60. The number of nitrogens with zero attached hydrogens (tertiary/aromatic N) is 2. The van der Waals surface area contributed by atoms with Gasteiger partial charge in [0.15, 0.2) is 0 Å². The molecule has 0 saturated carbocycles. The van der Waals surface area contributed by atoms with E-state index < -0.39 is 0 Å². The summed E-state index contributed by atoms with van der Waals surface area (Å²) in [7, 11) is 0. The van der Waals surface area contributed by atoms with Crippen LogP contribution in [0.4, 0.5) is 0 Å². The second-order valence-corrected chi connectivity index (χ2v) is 2.67. The van der Waals surface area contributed by atoms with Gasteiger partial charge in [0, 0.05) is 12.4 Å². The highest BCUT2D eigenvalue weighted by atomic mass is 35.5. The van der Waals surface area contributed by atoms with Crippen molar-refractivity contribution in [3.8, 4) is 6.07 Å². The summed E-state index contributed by atoms with van der Waals surface area (Å²) in [5.41, 5.74) is 0.350. The van der Waals surface area contributed by atoms with Gasteiger partial charge >= 0.3 is 0 Å². The van der Waals surface area contributed by atoms with Gasteiger partial charge in [0.25, 0.3) is 5.91 Å².